The van der Waals surface area contributed by atoms with E-state index in [1.807, 2.05) is 24.3 Å². The summed E-state index contributed by atoms with van der Waals surface area (Å²) >= 11 is 6.23. The fourth-order valence-electron chi connectivity index (χ4n) is 1.72. The van der Waals surface area contributed by atoms with Crippen molar-refractivity contribution in [1.82, 2.24) is 5.32 Å². The van der Waals surface area contributed by atoms with Gasteiger partial charge in [-0.25, -0.2) is 0 Å². The van der Waals surface area contributed by atoms with Gasteiger partial charge >= 0.3 is 0 Å². The topological polar surface area (TPSA) is 21.3 Å². The summed E-state index contributed by atoms with van der Waals surface area (Å²) in [6.45, 7) is 9.03. The summed E-state index contributed by atoms with van der Waals surface area (Å²) in [6, 6.07) is 7.91. The van der Waals surface area contributed by atoms with Gasteiger partial charge in [-0.2, -0.15) is 0 Å². The maximum absolute atomic E-state index is 6.23. The zero-order valence-electron chi connectivity index (χ0n) is 11.6. The molecule has 0 spiro atoms. The number of halogens is 1. The van der Waals surface area contributed by atoms with Crippen molar-refractivity contribution in [2.45, 2.75) is 33.3 Å². The predicted octanol–water partition coefficient (Wildman–Crippen LogP) is 4.05. The molecule has 0 saturated carbocycles. The van der Waals surface area contributed by atoms with Crippen molar-refractivity contribution in [2.75, 3.05) is 19.7 Å². The third-order valence-corrected chi connectivity index (χ3v) is 3.19. The van der Waals surface area contributed by atoms with Crippen LogP contribution in [0.5, 0.6) is 0 Å². The molecule has 0 aliphatic rings. The summed E-state index contributed by atoms with van der Waals surface area (Å²) in [5.41, 5.74) is 1.07. The first kappa shape index (κ1) is 15.5. The first-order valence-electron chi connectivity index (χ1n) is 6.71. The molecule has 0 fully saturated rings. The molecule has 1 aromatic rings. The molecule has 2 nitrogen and oxygen atoms in total. The van der Waals surface area contributed by atoms with Crippen LogP contribution in [0.25, 0.3) is 0 Å². The lowest BCUT2D eigenvalue weighted by atomic mass is 10.1. The van der Waals surface area contributed by atoms with Gasteiger partial charge < -0.3 is 10.1 Å². The van der Waals surface area contributed by atoms with Crippen LogP contribution >= 0.6 is 11.6 Å². The Bertz CT molecular complexity index is 341. The lowest BCUT2D eigenvalue weighted by molar-refractivity contribution is 0.0462. The van der Waals surface area contributed by atoms with Crippen LogP contribution < -0.4 is 5.32 Å². The van der Waals surface area contributed by atoms with Crippen molar-refractivity contribution in [3.63, 3.8) is 0 Å². The van der Waals surface area contributed by atoms with E-state index >= 15 is 0 Å². The molecule has 0 aromatic heterocycles. The van der Waals surface area contributed by atoms with E-state index < -0.39 is 0 Å². The predicted molar refractivity (Wildman–Crippen MR) is 78.1 cm³/mol. The molecular weight excluding hydrogens is 246 g/mol. The molecule has 0 bridgehead atoms. The van der Waals surface area contributed by atoms with Crippen LogP contribution in [0.1, 0.15) is 38.9 Å². The molecule has 1 unspecified atom stereocenters. The number of nitrogens with one attached hydrogen (secondary N) is 1. The van der Waals surface area contributed by atoms with E-state index in [4.69, 9.17) is 16.3 Å². The first-order chi connectivity index (χ1) is 8.65. The van der Waals surface area contributed by atoms with Crippen LogP contribution in [0.2, 0.25) is 5.02 Å². The van der Waals surface area contributed by atoms with Crippen LogP contribution in [-0.2, 0) is 4.74 Å². The number of benzene rings is 1. The van der Waals surface area contributed by atoms with Gasteiger partial charge in [0.25, 0.3) is 0 Å². The molecule has 1 aromatic carbocycles. The minimum Gasteiger partial charge on any atom is -0.372 e. The molecule has 0 saturated heterocycles. The lowest BCUT2D eigenvalue weighted by Crippen LogP contribution is -2.24. The molecule has 3 heteroatoms. The van der Waals surface area contributed by atoms with Crippen molar-refractivity contribution in [3.8, 4) is 0 Å². The molecule has 0 radical (unpaired) electrons. The van der Waals surface area contributed by atoms with E-state index in [2.05, 4.69) is 26.1 Å². The van der Waals surface area contributed by atoms with Crippen molar-refractivity contribution in [2.24, 2.45) is 5.92 Å². The van der Waals surface area contributed by atoms with Gasteiger partial charge in [0.15, 0.2) is 0 Å². The highest BCUT2D eigenvalue weighted by atomic mass is 35.5. The Labute approximate surface area is 116 Å². The normalized spacial score (nSPS) is 12.9. The van der Waals surface area contributed by atoms with Crippen LogP contribution in [-0.4, -0.2) is 19.7 Å². The summed E-state index contributed by atoms with van der Waals surface area (Å²) in [5.74, 6) is 0.663. The quantitative estimate of drug-likeness (QED) is 0.769. The average Bonchev–Trinajstić information content (AvgIpc) is 2.34. The van der Waals surface area contributed by atoms with Crippen LogP contribution in [0.3, 0.4) is 0 Å². The number of hydrogen-bond acceptors (Lipinski definition) is 2. The monoisotopic (exact) mass is 269 g/mol. The number of ether oxygens (including phenoxy) is 1. The first-order valence-corrected chi connectivity index (χ1v) is 7.09. The molecule has 1 N–H and O–H groups in total. The molecular formula is C15H24ClNO. The Balaban J connectivity index is 2.62. The number of rotatable bonds is 8. The Morgan fingerprint density at radius 1 is 1.28 bits per heavy atom. The average molecular weight is 270 g/mol. The SMILES string of the molecule is CCNCC(OCCC(C)C)c1ccccc1Cl. The van der Waals surface area contributed by atoms with Gasteiger partial charge in [0.1, 0.15) is 0 Å². The van der Waals surface area contributed by atoms with Crippen molar-refractivity contribution < 1.29 is 4.74 Å². The third-order valence-electron chi connectivity index (χ3n) is 2.85. The number of likely N-dealkylation sites (N-methyl/N-ethyl adjacent to an activating group) is 1. The van der Waals surface area contributed by atoms with Crippen LogP contribution in [0.4, 0.5) is 0 Å². The maximum Gasteiger partial charge on any atom is 0.0963 e. The minimum atomic E-state index is 0.0393. The molecule has 18 heavy (non-hydrogen) atoms. The highest BCUT2D eigenvalue weighted by Gasteiger charge is 2.14. The Hall–Kier alpha value is -0.570. The molecule has 0 heterocycles. The Morgan fingerprint density at radius 2 is 2.00 bits per heavy atom. The van der Waals surface area contributed by atoms with Gasteiger partial charge in [-0.05, 0) is 24.9 Å². The second-order valence-electron chi connectivity index (χ2n) is 4.87. The van der Waals surface area contributed by atoms with E-state index in [1.54, 1.807) is 0 Å². The number of hydrogen-bond donors (Lipinski definition) is 1. The lowest BCUT2D eigenvalue weighted by Gasteiger charge is -2.20. The van der Waals surface area contributed by atoms with E-state index in [0.717, 1.165) is 36.7 Å². The zero-order chi connectivity index (χ0) is 13.4. The van der Waals surface area contributed by atoms with E-state index in [9.17, 15) is 0 Å². The Morgan fingerprint density at radius 3 is 2.61 bits per heavy atom. The fourth-order valence-corrected chi connectivity index (χ4v) is 1.97. The summed E-state index contributed by atoms with van der Waals surface area (Å²) in [5, 5.41) is 4.11. The summed E-state index contributed by atoms with van der Waals surface area (Å²) in [6.07, 6.45) is 1.12. The van der Waals surface area contributed by atoms with Crippen molar-refractivity contribution in [1.29, 1.82) is 0 Å². The van der Waals surface area contributed by atoms with Crippen LogP contribution in [0, 0.1) is 5.92 Å². The third kappa shape index (κ3) is 5.38. The van der Waals surface area contributed by atoms with E-state index in [1.165, 1.54) is 0 Å². The minimum absolute atomic E-state index is 0.0393. The summed E-state index contributed by atoms with van der Waals surface area (Å²) in [7, 11) is 0. The summed E-state index contributed by atoms with van der Waals surface area (Å²) in [4.78, 5) is 0. The standard InChI is InChI=1S/C15H24ClNO/c1-4-17-11-15(18-10-9-12(2)3)13-7-5-6-8-14(13)16/h5-8,12,15,17H,4,9-11H2,1-3H3. The van der Waals surface area contributed by atoms with Gasteiger partial charge in [-0.1, -0.05) is 50.6 Å². The maximum atomic E-state index is 6.23. The van der Waals surface area contributed by atoms with Crippen LogP contribution in [0.15, 0.2) is 24.3 Å². The molecule has 1 atom stereocenters. The second kappa shape index (κ2) is 8.52. The smallest absolute Gasteiger partial charge is 0.0963 e. The molecule has 102 valence electrons. The van der Waals surface area contributed by atoms with E-state index in [-0.39, 0.29) is 6.10 Å². The zero-order valence-corrected chi connectivity index (χ0v) is 12.3. The molecule has 1 rings (SSSR count). The summed E-state index contributed by atoms with van der Waals surface area (Å²) < 4.78 is 5.97. The molecule has 0 amide bonds. The van der Waals surface area contributed by atoms with Gasteiger partial charge in [-0.3, -0.25) is 0 Å². The van der Waals surface area contributed by atoms with Gasteiger partial charge in [0.05, 0.1) is 6.10 Å². The highest BCUT2D eigenvalue weighted by Crippen LogP contribution is 2.25. The van der Waals surface area contributed by atoms with E-state index in [0.29, 0.717) is 5.92 Å². The molecule has 0 aliphatic heterocycles. The van der Waals surface area contributed by atoms with Crippen molar-refractivity contribution in [3.05, 3.63) is 34.9 Å². The second-order valence-corrected chi connectivity index (χ2v) is 5.28. The largest absolute Gasteiger partial charge is 0.372 e. The fraction of sp³-hybridized carbons (Fsp3) is 0.600. The van der Waals surface area contributed by atoms with Gasteiger partial charge in [-0.15, -0.1) is 0 Å². The van der Waals surface area contributed by atoms with Gasteiger partial charge in [0.2, 0.25) is 0 Å². The van der Waals surface area contributed by atoms with Crippen molar-refractivity contribution >= 4 is 11.6 Å². The molecule has 0 aliphatic carbocycles. The van der Waals surface area contributed by atoms with Gasteiger partial charge in [0, 0.05) is 23.7 Å². The highest BCUT2D eigenvalue weighted by molar-refractivity contribution is 6.31. The Kier molecular flexibility index (Phi) is 7.33.